The number of carbonyl (C=O) groups is 1. The molecule has 142 valence electrons. The molecule has 0 saturated heterocycles. The summed E-state index contributed by atoms with van der Waals surface area (Å²) >= 11 is 0. The van der Waals surface area contributed by atoms with Crippen molar-refractivity contribution in [2.24, 2.45) is 5.10 Å². The van der Waals surface area contributed by atoms with Gasteiger partial charge in [0.15, 0.2) is 11.5 Å². The van der Waals surface area contributed by atoms with Crippen molar-refractivity contribution in [1.29, 1.82) is 0 Å². The van der Waals surface area contributed by atoms with Gasteiger partial charge in [0, 0.05) is 12.4 Å². The van der Waals surface area contributed by atoms with Gasteiger partial charge >= 0.3 is 0 Å². The average Bonchev–Trinajstić information content (AvgIpc) is 2.74. The molecule has 0 spiro atoms. The molecule has 3 rings (SSSR count). The molecule has 0 atom stereocenters. The zero-order valence-corrected chi connectivity index (χ0v) is 15.8. The van der Waals surface area contributed by atoms with Crippen molar-refractivity contribution in [3.63, 3.8) is 0 Å². The highest BCUT2D eigenvalue weighted by Gasteiger charge is 2.07. The van der Waals surface area contributed by atoms with E-state index < -0.39 is 0 Å². The van der Waals surface area contributed by atoms with Crippen molar-refractivity contribution in [3.05, 3.63) is 89.2 Å². The fraction of sp³-hybridized carbons (Fsp3) is 0.136. The second kappa shape index (κ2) is 9.32. The first-order valence-corrected chi connectivity index (χ1v) is 8.76. The molecule has 3 aromatic rings. The Kier molecular flexibility index (Phi) is 6.36. The van der Waals surface area contributed by atoms with Crippen molar-refractivity contribution in [2.45, 2.75) is 13.5 Å². The standard InChI is InChI=1S/C22H21N3O3/c1-16-6-3-4-7-19(16)15-28-20-10-9-17(12-21(20)27-2)13-24-25-22(26)18-8-5-11-23-14-18/h3-14H,15H2,1-2H3,(H,25,26)/b24-13+. The van der Waals surface area contributed by atoms with Gasteiger partial charge in [-0.2, -0.15) is 5.10 Å². The first kappa shape index (κ1) is 19.1. The SMILES string of the molecule is COc1cc(/C=N/NC(=O)c2cccnc2)ccc1OCc1ccccc1C. The van der Waals surface area contributed by atoms with Crippen LogP contribution in [-0.4, -0.2) is 24.2 Å². The van der Waals surface area contributed by atoms with E-state index in [2.05, 4.69) is 28.5 Å². The highest BCUT2D eigenvalue weighted by atomic mass is 16.5. The molecule has 2 aromatic carbocycles. The Morgan fingerprint density at radius 1 is 1.14 bits per heavy atom. The molecule has 1 heterocycles. The molecule has 0 fully saturated rings. The lowest BCUT2D eigenvalue weighted by Crippen LogP contribution is -2.17. The Morgan fingerprint density at radius 3 is 2.75 bits per heavy atom. The molecule has 0 unspecified atom stereocenters. The van der Waals surface area contributed by atoms with E-state index in [1.54, 1.807) is 37.7 Å². The molecule has 1 N–H and O–H groups in total. The third-order valence-corrected chi connectivity index (χ3v) is 4.14. The van der Waals surface area contributed by atoms with Crippen LogP contribution in [-0.2, 0) is 6.61 Å². The van der Waals surface area contributed by atoms with Crippen molar-refractivity contribution in [1.82, 2.24) is 10.4 Å². The molecule has 0 saturated carbocycles. The second-order valence-electron chi connectivity index (χ2n) is 6.07. The Bertz CT molecular complexity index is 972. The quantitative estimate of drug-likeness (QED) is 0.504. The van der Waals surface area contributed by atoms with Gasteiger partial charge in [0.25, 0.3) is 5.91 Å². The van der Waals surface area contributed by atoms with Gasteiger partial charge in [0.05, 0.1) is 18.9 Å². The number of nitrogens with zero attached hydrogens (tertiary/aromatic N) is 2. The van der Waals surface area contributed by atoms with Gasteiger partial charge in [-0.15, -0.1) is 0 Å². The number of aromatic nitrogens is 1. The minimum absolute atomic E-state index is 0.325. The number of benzene rings is 2. The highest BCUT2D eigenvalue weighted by molar-refractivity contribution is 5.94. The van der Waals surface area contributed by atoms with Crippen molar-refractivity contribution < 1.29 is 14.3 Å². The summed E-state index contributed by atoms with van der Waals surface area (Å²) in [5, 5.41) is 3.98. The number of rotatable bonds is 7. The van der Waals surface area contributed by atoms with E-state index in [9.17, 15) is 4.79 Å². The second-order valence-corrected chi connectivity index (χ2v) is 6.07. The zero-order valence-electron chi connectivity index (χ0n) is 15.8. The van der Waals surface area contributed by atoms with Crippen LogP contribution in [0.4, 0.5) is 0 Å². The van der Waals surface area contributed by atoms with E-state index in [4.69, 9.17) is 9.47 Å². The van der Waals surface area contributed by atoms with Crippen molar-refractivity contribution >= 4 is 12.1 Å². The zero-order chi connectivity index (χ0) is 19.8. The molecule has 6 heteroatoms. The topological polar surface area (TPSA) is 72.8 Å². The molecule has 0 bridgehead atoms. The van der Waals surface area contributed by atoms with Crippen LogP contribution in [0, 0.1) is 6.92 Å². The van der Waals surface area contributed by atoms with E-state index in [0.717, 1.165) is 11.1 Å². The minimum Gasteiger partial charge on any atom is -0.493 e. The number of hydrogen-bond acceptors (Lipinski definition) is 5. The molecule has 0 radical (unpaired) electrons. The summed E-state index contributed by atoms with van der Waals surface area (Å²) < 4.78 is 11.3. The van der Waals surface area contributed by atoms with Crippen LogP contribution in [0.2, 0.25) is 0 Å². The summed E-state index contributed by atoms with van der Waals surface area (Å²) in [6.07, 6.45) is 4.63. The first-order chi connectivity index (χ1) is 13.7. The number of pyridine rings is 1. The Balaban J connectivity index is 1.64. The molecule has 0 aliphatic carbocycles. The van der Waals surface area contributed by atoms with Crippen molar-refractivity contribution in [3.8, 4) is 11.5 Å². The van der Waals surface area contributed by atoms with E-state index in [0.29, 0.717) is 23.7 Å². The fourth-order valence-electron chi connectivity index (χ4n) is 2.54. The van der Waals surface area contributed by atoms with Gasteiger partial charge in [0.2, 0.25) is 0 Å². The molecule has 0 aliphatic rings. The summed E-state index contributed by atoms with van der Waals surface area (Å²) in [7, 11) is 1.58. The van der Waals surface area contributed by atoms with Gasteiger partial charge in [-0.3, -0.25) is 9.78 Å². The normalized spacial score (nSPS) is 10.6. The molecule has 6 nitrogen and oxygen atoms in total. The number of hydrogen-bond donors (Lipinski definition) is 1. The molecule has 0 aliphatic heterocycles. The van der Waals surface area contributed by atoms with Crippen LogP contribution in [0.15, 0.2) is 72.1 Å². The lowest BCUT2D eigenvalue weighted by molar-refractivity contribution is 0.0955. The van der Waals surface area contributed by atoms with Gasteiger partial charge in [-0.1, -0.05) is 24.3 Å². The number of methoxy groups -OCH3 is 1. The summed E-state index contributed by atoms with van der Waals surface area (Å²) in [4.78, 5) is 15.9. The monoisotopic (exact) mass is 375 g/mol. The van der Waals surface area contributed by atoms with Crippen LogP contribution in [0.5, 0.6) is 11.5 Å². The number of nitrogens with one attached hydrogen (secondary N) is 1. The molecular formula is C22H21N3O3. The molecule has 1 aromatic heterocycles. The predicted octanol–water partition coefficient (Wildman–Crippen LogP) is 3.74. The van der Waals surface area contributed by atoms with Crippen LogP contribution in [0.1, 0.15) is 27.0 Å². The molecule has 28 heavy (non-hydrogen) atoms. The van der Waals surface area contributed by atoms with Crippen LogP contribution >= 0.6 is 0 Å². The van der Waals surface area contributed by atoms with Crippen molar-refractivity contribution in [2.75, 3.05) is 7.11 Å². The van der Waals surface area contributed by atoms with Gasteiger partial charge in [-0.25, -0.2) is 5.43 Å². The number of carbonyl (C=O) groups excluding carboxylic acids is 1. The lowest BCUT2D eigenvalue weighted by Gasteiger charge is -2.12. The van der Waals surface area contributed by atoms with Gasteiger partial charge < -0.3 is 9.47 Å². The number of ether oxygens (including phenoxy) is 2. The number of amides is 1. The highest BCUT2D eigenvalue weighted by Crippen LogP contribution is 2.28. The summed E-state index contributed by atoms with van der Waals surface area (Å²) in [6.45, 7) is 2.51. The Labute approximate surface area is 163 Å². The third-order valence-electron chi connectivity index (χ3n) is 4.14. The van der Waals surface area contributed by atoms with Gasteiger partial charge in [0.1, 0.15) is 6.61 Å². The first-order valence-electron chi connectivity index (χ1n) is 8.76. The summed E-state index contributed by atoms with van der Waals surface area (Å²) in [5.41, 5.74) is 5.98. The molecule has 1 amide bonds. The Hall–Kier alpha value is -3.67. The minimum atomic E-state index is -0.325. The number of aryl methyl sites for hydroxylation is 1. The van der Waals surface area contributed by atoms with Crippen LogP contribution in [0.25, 0.3) is 0 Å². The largest absolute Gasteiger partial charge is 0.493 e. The third kappa shape index (κ3) is 4.94. The van der Waals surface area contributed by atoms with E-state index in [-0.39, 0.29) is 5.91 Å². The van der Waals surface area contributed by atoms with Crippen LogP contribution < -0.4 is 14.9 Å². The lowest BCUT2D eigenvalue weighted by atomic mass is 10.1. The van der Waals surface area contributed by atoms with E-state index in [1.807, 2.05) is 30.3 Å². The maximum Gasteiger partial charge on any atom is 0.272 e. The number of hydrazone groups is 1. The Morgan fingerprint density at radius 2 is 2.00 bits per heavy atom. The smallest absolute Gasteiger partial charge is 0.272 e. The van der Waals surface area contributed by atoms with E-state index >= 15 is 0 Å². The maximum atomic E-state index is 11.9. The fourth-order valence-corrected chi connectivity index (χ4v) is 2.54. The summed E-state index contributed by atoms with van der Waals surface area (Å²) in [5.74, 6) is 0.910. The van der Waals surface area contributed by atoms with Gasteiger partial charge in [-0.05, 0) is 53.9 Å². The predicted molar refractivity (Wildman–Crippen MR) is 108 cm³/mol. The average molecular weight is 375 g/mol. The summed E-state index contributed by atoms with van der Waals surface area (Å²) in [6, 6.07) is 16.9. The maximum absolute atomic E-state index is 11.9. The van der Waals surface area contributed by atoms with Crippen LogP contribution in [0.3, 0.4) is 0 Å². The van der Waals surface area contributed by atoms with E-state index in [1.165, 1.54) is 11.8 Å². The molecular weight excluding hydrogens is 354 g/mol.